The molecule has 0 bridgehead atoms. The van der Waals surface area contributed by atoms with E-state index in [-0.39, 0.29) is 5.82 Å². The summed E-state index contributed by atoms with van der Waals surface area (Å²) in [4.78, 5) is 6.41. The third-order valence-corrected chi connectivity index (χ3v) is 7.10. The van der Waals surface area contributed by atoms with Crippen LogP contribution in [0.15, 0.2) is 54.6 Å². The predicted octanol–water partition coefficient (Wildman–Crippen LogP) is 2.96. The number of benzene rings is 2. The Balaban J connectivity index is 1.66. The number of thiophene rings is 1. The van der Waals surface area contributed by atoms with Crippen molar-refractivity contribution in [2.24, 2.45) is 0 Å². The van der Waals surface area contributed by atoms with E-state index in [2.05, 4.69) is 0 Å². The Hall–Kier alpha value is -2.21. The zero-order valence-electron chi connectivity index (χ0n) is 17.7. The van der Waals surface area contributed by atoms with Crippen LogP contribution in [0, 0.1) is 12.7 Å². The van der Waals surface area contributed by atoms with Gasteiger partial charge in [-0.15, -0.1) is 11.3 Å². The van der Waals surface area contributed by atoms with Gasteiger partial charge in [-0.3, -0.25) is 5.26 Å². The number of rotatable bonds is 6. The fraction of sp³-hybridized carbons (Fsp3) is 0.333. The van der Waals surface area contributed by atoms with Crippen LogP contribution in [0.4, 0.5) is 4.39 Å². The second-order valence-electron chi connectivity index (χ2n) is 8.06. The van der Waals surface area contributed by atoms with E-state index in [1.807, 2.05) is 19.1 Å². The number of aliphatic hydroxyl groups excluding tert-OH is 4. The Labute approximate surface area is 193 Å². The number of hydrogen-bond donors (Lipinski definition) is 5. The number of hydrogen-bond acceptors (Lipinski definition) is 8. The quantitative estimate of drug-likeness (QED) is 0.274. The highest BCUT2D eigenvalue weighted by atomic mass is 32.1. The number of aryl methyl sites for hydroxylation is 1. The molecule has 9 heteroatoms. The van der Waals surface area contributed by atoms with Gasteiger partial charge in [0.2, 0.25) is 0 Å². The van der Waals surface area contributed by atoms with Gasteiger partial charge in [0, 0.05) is 9.75 Å². The van der Waals surface area contributed by atoms with Crippen molar-refractivity contribution in [3.63, 3.8) is 0 Å². The molecule has 7 nitrogen and oxygen atoms in total. The van der Waals surface area contributed by atoms with E-state index in [0.717, 1.165) is 16.0 Å². The molecule has 4 unspecified atom stereocenters. The van der Waals surface area contributed by atoms with Crippen molar-refractivity contribution in [1.29, 1.82) is 0 Å². The van der Waals surface area contributed by atoms with Crippen LogP contribution < -0.4 is 0 Å². The molecule has 2 aromatic carbocycles. The molecule has 1 aliphatic heterocycles. The minimum Gasteiger partial charge on any atom is -0.394 e. The second-order valence-corrected chi connectivity index (χ2v) is 9.18. The summed E-state index contributed by atoms with van der Waals surface area (Å²) in [5.41, 5.74) is 2.74. The molecule has 3 aromatic rings. The fourth-order valence-electron chi connectivity index (χ4n) is 4.02. The molecule has 0 spiro atoms. The summed E-state index contributed by atoms with van der Waals surface area (Å²) < 4.78 is 18.9. The van der Waals surface area contributed by atoms with E-state index in [1.165, 1.54) is 23.5 Å². The van der Waals surface area contributed by atoms with Gasteiger partial charge in [0.1, 0.15) is 36.3 Å². The van der Waals surface area contributed by atoms with E-state index >= 15 is 0 Å². The Morgan fingerprint density at radius 3 is 2.39 bits per heavy atom. The van der Waals surface area contributed by atoms with Crippen LogP contribution in [0.1, 0.15) is 33.8 Å². The van der Waals surface area contributed by atoms with Gasteiger partial charge >= 0.3 is 0 Å². The first-order valence-corrected chi connectivity index (χ1v) is 11.2. The summed E-state index contributed by atoms with van der Waals surface area (Å²) in [5, 5.41) is 49.9. The standard InChI is InChI=1S/C24H25FO7S/c1-12-2-3-14(23-22(29)21(28)20(27)17(11-26)31-23)10-16(12)24(32-30)19-9-8-18(33-19)13-4-6-15(25)7-5-13/h2-10,17,20-24,26-30H,11H2,1H3/t17?,20-,21?,22-,23?,24?/m1/s1. The molecule has 176 valence electrons. The van der Waals surface area contributed by atoms with Gasteiger partial charge in [0.05, 0.1) is 6.61 Å². The van der Waals surface area contributed by atoms with Crippen LogP contribution in [0.2, 0.25) is 0 Å². The molecule has 0 radical (unpaired) electrons. The Morgan fingerprint density at radius 2 is 1.73 bits per heavy atom. The van der Waals surface area contributed by atoms with Crippen molar-refractivity contribution in [3.05, 3.63) is 82.0 Å². The minimum atomic E-state index is -1.49. The van der Waals surface area contributed by atoms with Crippen molar-refractivity contribution in [3.8, 4) is 10.4 Å². The SMILES string of the molecule is Cc1ccc(C2OC(CO)[C@@H](O)C(O)[C@H]2O)cc1C(OO)c1ccc(-c2ccc(F)cc2)s1. The molecule has 1 fully saturated rings. The van der Waals surface area contributed by atoms with Gasteiger partial charge in [-0.1, -0.05) is 24.3 Å². The third kappa shape index (κ3) is 4.72. The molecule has 2 heterocycles. The van der Waals surface area contributed by atoms with Crippen molar-refractivity contribution >= 4 is 11.3 Å². The predicted molar refractivity (Wildman–Crippen MR) is 119 cm³/mol. The van der Waals surface area contributed by atoms with E-state index in [4.69, 9.17) is 9.62 Å². The summed E-state index contributed by atoms with van der Waals surface area (Å²) in [6.45, 7) is 1.32. The number of aliphatic hydroxyl groups is 4. The number of ether oxygens (including phenoxy) is 1. The second kappa shape index (κ2) is 9.96. The van der Waals surface area contributed by atoms with Crippen molar-refractivity contribution < 1.29 is 39.7 Å². The first kappa shape index (κ1) is 23.9. The monoisotopic (exact) mass is 476 g/mol. The molecule has 1 saturated heterocycles. The Kier molecular flexibility index (Phi) is 7.22. The van der Waals surface area contributed by atoms with Crippen LogP contribution in [0.5, 0.6) is 0 Å². The van der Waals surface area contributed by atoms with Crippen LogP contribution in [-0.2, 0) is 9.62 Å². The molecule has 1 aliphatic rings. The maximum Gasteiger partial charge on any atom is 0.152 e. The van der Waals surface area contributed by atoms with Gasteiger partial charge in [-0.05, 0) is 59.5 Å². The average molecular weight is 477 g/mol. The van der Waals surface area contributed by atoms with Crippen LogP contribution in [-0.4, -0.2) is 56.7 Å². The van der Waals surface area contributed by atoms with Crippen molar-refractivity contribution in [2.45, 2.75) is 43.5 Å². The molecule has 6 atom stereocenters. The molecule has 5 N–H and O–H groups in total. The van der Waals surface area contributed by atoms with Gasteiger partial charge in [0.15, 0.2) is 6.10 Å². The summed E-state index contributed by atoms with van der Waals surface area (Å²) in [6.07, 6.45) is -7.23. The van der Waals surface area contributed by atoms with Crippen LogP contribution >= 0.6 is 11.3 Å². The van der Waals surface area contributed by atoms with Gasteiger partial charge in [0.25, 0.3) is 0 Å². The molecular formula is C24H25FO7S. The van der Waals surface area contributed by atoms with Crippen molar-refractivity contribution in [1.82, 2.24) is 0 Å². The number of halogens is 1. The molecule has 0 amide bonds. The molecule has 33 heavy (non-hydrogen) atoms. The third-order valence-electron chi connectivity index (χ3n) is 5.93. The zero-order chi connectivity index (χ0) is 23.7. The Morgan fingerprint density at radius 1 is 1.00 bits per heavy atom. The molecule has 1 aromatic heterocycles. The van der Waals surface area contributed by atoms with Crippen LogP contribution in [0.3, 0.4) is 0 Å². The zero-order valence-corrected chi connectivity index (χ0v) is 18.5. The maximum absolute atomic E-state index is 13.2. The largest absolute Gasteiger partial charge is 0.394 e. The molecule has 0 aliphatic carbocycles. The topological polar surface area (TPSA) is 120 Å². The van der Waals surface area contributed by atoms with Gasteiger partial charge in [-0.25, -0.2) is 9.28 Å². The molecular weight excluding hydrogens is 451 g/mol. The normalized spacial score (nSPS) is 26.3. The highest BCUT2D eigenvalue weighted by Gasteiger charge is 2.44. The highest BCUT2D eigenvalue weighted by Crippen LogP contribution is 2.39. The van der Waals surface area contributed by atoms with Gasteiger partial charge < -0.3 is 25.2 Å². The van der Waals surface area contributed by atoms with E-state index in [9.17, 15) is 30.1 Å². The smallest absolute Gasteiger partial charge is 0.152 e. The minimum absolute atomic E-state index is 0.326. The summed E-state index contributed by atoms with van der Waals surface area (Å²) >= 11 is 1.38. The van der Waals surface area contributed by atoms with E-state index in [1.54, 1.807) is 30.3 Å². The van der Waals surface area contributed by atoms with E-state index < -0.39 is 43.2 Å². The average Bonchev–Trinajstić information content (AvgIpc) is 3.30. The van der Waals surface area contributed by atoms with Crippen molar-refractivity contribution in [2.75, 3.05) is 6.61 Å². The lowest BCUT2D eigenvalue weighted by Crippen LogP contribution is -2.55. The summed E-state index contributed by atoms with van der Waals surface area (Å²) in [5.74, 6) is -0.326. The highest BCUT2D eigenvalue weighted by molar-refractivity contribution is 7.15. The molecule has 0 saturated carbocycles. The first-order chi connectivity index (χ1) is 15.8. The lowest BCUT2D eigenvalue weighted by molar-refractivity contribution is -0.270. The van der Waals surface area contributed by atoms with E-state index in [0.29, 0.717) is 16.0 Å². The summed E-state index contributed by atoms with van der Waals surface area (Å²) in [7, 11) is 0. The molecule has 4 rings (SSSR count). The Bertz CT molecular complexity index is 1080. The lowest BCUT2D eigenvalue weighted by Gasteiger charge is -2.40. The van der Waals surface area contributed by atoms with Crippen LogP contribution in [0.25, 0.3) is 10.4 Å². The van der Waals surface area contributed by atoms with Gasteiger partial charge in [-0.2, -0.15) is 0 Å². The maximum atomic E-state index is 13.2. The summed E-state index contributed by atoms with van der Waals surface area (Å²) in [6, 6.07) is 14.9. The first-order valence-electron chi connectivity index (χ1n) is 10.4. The lowest BCUT2D eigenvalue weighted by atomic mass is 9.89. The fourth-order valence-corrected chi connectivity index (χ4v) is 5.08.